The highest BCUT2D eigenvalue weighted by Gasteiger charge is 2.43. The predicted molar refractivity (Wildman–Crippen MR) is 146 cm³/mol. The quantitative estimate of drug-likeness (QED) is 0.255. The number of fused-ring (bicyclic) bond motifs is 1. The molecule has 0 spiro atoms. The first-order valence-corrected chi connectivity index (χ1v) is 13.1. The van der Waals surface area contributed by atoms with Crippen LogP contribution in [0.15, 0.2) is 67.0 Å². The zero-order chi connectivity index (χ0) is 26.9. The third-order valence-corrected chi connectivity index (χ3v) is 7.67. The van der Waals surface area contributed by atoms with Gasteiger partial charge in [0.25, 0.3) is 0 Å². The van der Waals surface area contributed by atoms with Crippen LogP contribution in [0.2, 0.25) is 5.28 Å². The monoisotopic (exact) mass is 534 g/mol. The van der Waals surface area contributed by atoms with Gasteiger partial charge < -0.3 is 25.4 Å². The number of nitrogens with one attached hydrogen (secondary N) is 2. The first kappa shape index (κ1) is 26.1. The number of nitrogens with zero attached hydrogens (tertiary/aromatic N) is 4. The summed E-state index contributed by atoms with van der Waals surface area (Å²) in [6, 6.07) is 19.4. The van der Waals surface area contributed by atoms with E-state index in [0.29, 0.717) is 36.4 Å². The number of benzene rings is 2. The van der Waals surface area contributed by atoms with Crippen LogP contribution in [-0.2, 0) is 10.2 Å². The van der Waals surface area contributed by atoms with Crippen molar-refractivity contribution in [1.82, 2.24) is 24.8 Å². The van der Waals surface area contributed by atoms with Gasteiger partial charge in [-0.05, 0) is 36.1 Å². The fourth-order valence-electron chi connectivity index (χ4n) is 5.24. The molecule has 198 valence electrons. The third kappa shape index (κ3) is 4.84. The number of aliphatic hydroxyl groups excluding tert-OH is 2. The van der Waals surface area contributed by atoms with Gasteiger partial charge >= 0.3 is 0 Å². The molecular formula is C28H31ClN6O3. The van der Waals surface area contributed by atoms with Crippen molar-refractivity contribution in [2.45, 2.75) is 56.4 Å². The molecule has 1 fully saturated rings. The Bertz CT molecular complexity index is 1370. The fourth-order valence-corrected chi connectivity index (χ4v) is 5.40. The SMILES string of the molecule is CCC(=O)N[C@H]1CC(n2cnc3c(NCC(C)(c4ccccc4)c4ccccc4)nc(Cl)nc32)[C@H](O)[C@@H]1O. The van der Waals surface area contributed by atoms with Crippen LogP contribution in [0.1, 0.15) is 43.9 Å². The molecule has 0 saturated heterocycles. The molecule has 4 aromatic rings. The van der Waals surface area contributed by atoms with Gasteiger partial charge in [0.05, 0.1) is 18.4 Å². The maximum atomic E-state index is 11.9. The summed E-state index contributed by atoms with van der Waals surface area (Å²) in [6.07, 6.45) is -0.0384. The van der Waals surface area contributed by atoms with Crippen LogP contribution in [-0.4, -0.2) is 60.4 Å². The molecule has 0 bridgehead atoms. The average Bonchev–Trinajstić information content (AvgIpc) is 3.48. The number of aliphatic hydroxyl groups is 2. The minimum absolute atomic E-state index is 0.0340. The molecule has 5 rings (SSSR count). The van der Waals surface area contributed by atoms with Gasteiger partial charge in [-0.25, -0.2) is 4.98 Å². The van der Waals surface area contributed by atoms with Gasteiger partial charge in [0.15, 0.2) is 17.0 Å². The molecule has 2 aromatic carbocycles. The maximum absolute atomic E-state index is 11.9. The summed E-state index contributed by atoms with van der Waals surface area (Å²) in [5.41, 5.74) is 2.84. The molecule has 0 radical (unpaired) electrons. The first-order chi connectivity index (χ1) is 18.3. The Balaban J connectivity index is 1.46. The third-order valence-electron chi connectivity index (χ3n) is 7.50. The number of hydrogen-bond acceptors (Lipinski definition) is 7. The van der Waals surface area contributed by atoms with Crippen molar-refractivity contribution in [2.24, 2.45) is 0 Å². The molecular weight excluding hydrogens is 504 g/mol. The van der Waals surface area contributed by atoms with Gasteiger partial charge in [-0.3, -0.25) is 4.79 Å². The van der Waals surface area contributed by atoms with Gasteiger partial charge in [-0.15, -0.1) is 0 Å². The Kier molecular flexibility index (Phi) is 7.34. The average molecular weight is 535 g/mol. The molecule has 1 aliphatic carbocycles. The zero-order valence-corrected chi connectivity index (χ0v) is 22.0. The molecule has 4 N–H and O–H groups in total. The zero-order valence-electron chi connectivity index (χ0n) is 21.3. The summed E-state index contributed by atoms with van der Waals surface area (Å²) in [5, 5.41) is 27.6. The van der Waals surface area contributed by atoms with Crippen molar-refractivity contribution in [3.63, 3.8) is 0 Å². The number of carbonyl (C=O) groups is 1. The number of anilines is 1. The number of carbonyl (C=O) groups excluding carboxylic acids is 1. The number of hydrogen-bond donors (Lipinski definition) is 4. The van der Waals surface area contributed by atoms with Gasteiger partial charge in [0.2, 0.25) is 11.2 Å². The Morgan fingerprint density at radius 1 is 1.05 bits per heavy atom. The minimum Gasteiger partial charge on any atom is -0.388 e. The summed E-state index contributed by atoms with van der Waals surface area (Å²) in [5.74, 6) is 0.287. The van der Waals surface area contributed by atoms with Crippen molar-refractivity contribution in [2.75, 3.05) is 11.9 Å². The van der Waals surface area contributed by atoms with Crippen LogP contribution in [0, 0.1) is 0 Å². The second-order valence-electron chi connectivity index (χ2n) is 9.89. The number of amides is 1. The van der Waals surface area contributed by atoms with Crippen LogP contribution in [0.4, 0.5) is 5.82 Å². The predicted octanol–water partition coefficient (Wildman–Crippen LogP) is 3.46. The molecule has 9 nitrogen and oxygen atoms in total. The van der Waals surface area contributed by atoms with Crippen LogP contribution in [0.5, 0.6) is 0 Å². The highest BCUT2D eigenvalue weighted by molar-refractivity contribution is 6.28. The number of halogens is 1. The first-order valence-electron chi connectivity index (χ1n) is 12.7. The molecule has 1 amide bonds. The molecule has 1 aliphatic rings. The fraction of sp³-hybridized carbons (Fsp3) is 0.357. The molecule has 0 aliphatic heterocycles. The molecule has 1 unspecified atom stereocenters. The van der Waals surface area contributed by atoms with Crippen LogP contribution in [0.3, 0.4) is 0 Å². The molecule has 2 aromatic heterocycles. The van der Waals surface area contributed by atoms with Crippen molar-refractivity contribution in [3.8, 4) is 0 Å². The second kappa shape index (κ2) is 10.7. The highest BCUT2D eigenvalue weighted by Crippen LogP contribution is 2.36. The van der Waals surface area contributed by atoms with Crippen LogP contribution < -0.4 is 10.6 Å². The topological polar surface area (TPSA) is 125 Å². The molecule has 38 heavy (non-hydrogen) atoms. The Labute approximate surface area is 225 Å². The highest BCUT2D eigenvalue weighted by atomic mass is 35.5. The molecule has 4 atom stereocenters. The molecule has 2 heterocycles. The largest absolute Gasteiger partial charge is 0.388 e. The van der Waals surface area contributed by atoms with Crippen molar-refractivity contribution in [1.29, 1.82) is 0 Å². The van der Waals surface area contributed by atoms with E-state index in [2.05, 4.69) is 56.8 Å². The Morgan fingerprint density at radius 2 is 1.68 bits per heavy atom. The van der Waals surface area contributed by atoms with E-state index in [-0.39, 0.29) is 16.6 Å². The van der Waals surface area contributed by atoms with Crippen LogP contribution >= 0.6 is 11.6 Å². The van der Waals surface area contributed by atoms with Gasteiger partial charge in [0.1, 0.15) is 12.2 Å². The smallest absolute Gasteiger partial charge is 0.226 e. The normalized spacial score (nSPS) is 21.5. The van der Waals surface area contributed by atoms with E-state index in [1.54, 1.807) is 17.8 Å². The molecule has 1 saturated carbocycles. The van der Waals surface area contributed by atoms with Crippen LogP contribution in [0.25, 0.3) is 11.2 Å². The van der Waals surface area contributed by atoms with Crippen molar-refractivity contribution in [3.05, 3.63) is 83.4 Å². The lowest BCUT2D eigenvalue weighted by molar-refractivity contribution is -0.122. The summed E-state index contributed by atoms with van der Waals surface area (Å²) < 4.78 is 1.70. The van der Waals surface area contributed by atoms with Crippen molar-refractivity contribution < 1.29 is 15.0 Å². The minimum atomic E-state index is -1.11. The lowest BCUT2D eigenvalue weighted by Crippen LogP contribution is -2.42. The number of rotatable bonds is 8. The number of aromatic nitrogens is 4. The Hall–Kier alpha value is -3.53. The van der Waals surface area contributed by atoms with E-state index in [0.717, 1.165) is 11.1 Å². The van der Waals surface area contributed by atoms with Gasteiger partial charge in [0, 0.05) is 18.4 Å². The summed E-state index contributed by atoms with van der Waals surface area (Å²) >= 11 is 6.35. The summed E-state index contributed by atoms with van der Waals surface area (Å²) in [4.78, 5) is 25.3. The van der Waals surface area contributed by atoms with E-state index in [4.69, 9.17) is 11.6 Å². The molecule has 10 heteroatoms. The van der Waals surface area contributed by atoms with E-state index in [1.807, 2.05) is 36.4 Å². The number of imidazole rings is 1. The maximum Gasteiger partial charge on any atom is 0.226 e. The van der Waals surface area contributed by atoms with Crippen molar-refractivity contribution >= 4 is 34.5 Å². The van der Waals surface area contributed by atoms with Gasteiger partial charge in [-0.1, -0.05) is 67.6 Å². The van der Waals surface area contributed by atoms with E-state index >= 15 is 0 Å². The summed E-state index contributed by atoms with van der Waals surface area (Å²) in [7, 11) is 0. The standard InChI is InChI=1S/C28H31ClN6O3/c1-3-21(36)32-19-14-20(24(38)23(19)37)35-16-31-22-25(33-27(29)34-26(22)35)30-15-28(2,17-10-6-4-7-11-17)18-12-8-5-9-13-18/h4-13,16,19-20,23-24,37-38H,3,14-15H2,1-2H3,(H,32,36)(H,30,33,34)/t19-,20?,23+,24-/m0/s1. The van der Waals surface area contributed by atoms with E-state index < -0.39 is 24.3 Å². The Morgan fingerprint density at radius 3 is 2.29 bits per heavy atom. The lowest BCUT2D eigenvalue weighted by atomic mass is 9.76. The van der Waals surface area contributed by atoms with E-state index in [1.165, 1.54) is 0 Å². The second-order valence-corrected chi connectivity index (χ2v) is 10.2. The van der Waals surface area contributed by atoms with Gasteiger partial charge in [-0.2, -0.15) is 9.97 Å². The summed E-state index contributed by atoms with van der Waals surface area (Å²) in [6.45, 7) is 4.42. The lowest BCUT2D eigenvalue weighted by Gasteiger charge is -2.31. The van der Waals surface area contributed by atoms with E-state index in [9.17, 15) is 15.0 Å².